The molecule has 6 heteroatoms. The number of hydrogen-bond donors (Lipinski definition) is 2. The summed E-state index contributed by atoms with van der Waals surface area (Å²) < 4.78 is 0.990. The Morgan fingerprint density at radius 2 is 1.84 bits per heavy atom. The van der Waals surface area contributed by atoms with Crippen LogP contribution in [0.25, 0.3) is 11.4 Å². The molecular weight excluding hydrogens is 378 g/mol. The van der Waals surface area contributed by atoms with Crippen molar-refractivity contribution in [3.05, 3.63) is 58.7 Å². The third kappa shape index (κ3) is 4.54. The summed E-state index contributed by atoms with van der Waals surface area (Å²) in [6.07, 6.45) is 1.76. The van der Waals surface area contributed by atoms with Crippen molar-refractivity contribution in [2.45, 2.75) is 26.8 Å². The molecule has 5 nitrogen and oxygen atoms in total. The Kier molecular flexibility index (Phi) is 5.28. The number of anilines is 3. The van der Waals surface area contributed by atoms with Gasteiger partial charge in [-0.05, 0) is 66.5 Å². The number of hydrogen-bond acceptors (Lipinski definition) is 5. The molecule has 2 heterocycles. The van der Waals surface area contributed by atoms with E-state index >= 15 is 0 Å². The molecular formula is C19H20BrN5. The first-order chi connectivity index (χ1) is 12.0. The molecule has 0 saturated carbocycles. The second-order valence-electron chi connectivity index (χ2n) is 6.08. The van der Waals surface area contributed by atoms with E-state index in [2.05, 4.69) is 74.4 Å². The van der Waals surface area contributed by atoms with Gasteiger partial charge >= 0.3 is 0 Å². The lowest BCUT2D eigenvalue weighted by Gasteiger charge is -2.13. The minimum absolute atomic E-state index is 0.234. The summed E-state index contributed by atoms with van der Waals surface area (Å²) in [6.45, 7) is 6.17. The zero-order valence-electron chi connectivity index (χ0n) is 14.4. The van der Waals surface area contributed by atoms with E-state index in [-0.39, 0.29) is 6.04 Å². The van der Waals surface area contributed by atoms with E-state index in [9.17, 15) is 0 Å². The summed E-state index contributed by atoms with van der Waals surface area (Å²) in [6, 6.07) is 14.1. The van der Waals surface area contributed by atoms with Gasteiger partial charge in [0.15, 0.2) is 0 Å². The summed E-state index contributed by atoms with van der Waals surface area (Å²) in [4.78, 5) is 13.6. The molecule has 2 aromatic heterocycles. The van der Waals surface area contributed by atoms with Crippen molar-refractivity contribution in [2.75, 3.05) is 10.6 Å². The van der Waals surface area contributed by atoms with E-state index in [1.807, 2.05) is 30.3 Å². The van der Waals surface area contributed by atoms with Gasteiger partial charge in [-0.15, -0.1) is 0 Å². The fourth-order valence-corrected chi connectivity index (χ4v) is 2.93. The lowest BCUT2D eigenvalue weighted by atomic mass is 10.2. The van der Waals surface area contributed by atoms with E-state index in [0.717, 1.165) is 21.5 Å². The van der Waals surface area contributed by atoms with Gasteiger partial charge in [-0.2, -0.15) is 4.98 Å². The highest BCUT2D eigenvalue weighted by Crippen LogP contribution is 2.28. The average molecular weight is 398 g/mol. The number of nitrogens with one attached hydrogen (secondary N) is 2. The van der Waals surface area contributed by atoms with E-state index in [4.69, 9.17) is 0 Å². The van der Waals surface area contributed by atoms with Gasteiger partial charge in [0.1, 0.15) is 5.82 Å². The van der Waals surface area contributed by atoms with E-state index < -0.39 is 0 Å². The molecule has 0 saturated heterocycles. The summed E-state index contributed by atoms with van der Waals surface area (Å²) in [7, 11) is 0. The molecule has 2 N–H and O–H groups in total. The van der Waals surface area contributed by atoms with Gasteiger partial charge in [0.2, 0.25) is 5.95 Å². The number of halogens is 1. The standard InChI is InChI=1S/C19H20BrN5/c1-12(2)22-19-24-17(16-6-4-5-9-21-16)11-18(25-19)23-15-8-7-13(3)10-14(15)20/h4-12H,1-3H3,(H2,22,23,24,25). The fraction of sp³-hybridized carbons (Fsp3) is 0.211. The highest BCUT2D eigenvalue weighted by molar-refractivity contribution is 9.10. The van der Waals surface area contributed by atoms with E-state index in [1.54, 1.807) is 6.20 Å². The molecule has 1 aromatic carbocycles. The maximum absolute atomic E-state index is 4.59. The Balaban J connectivity index is 2.00. The number of pyridine rings is 1. The third-order valence-corrected chi connectivity index (χ3v) is 4.11. The maximum Gasteiger partial charge on any atom is 0.225 e. The van der Waals surface area contributed by atoms with Crippen molar-refractivity contribution in [3.63, 3.8) is 0 Å². The number of benzene rings is 1. The van der Waals surface area contributed by atoms with Crippen molar-refractivity contribution in [1.29, 1.82) is 0 Å². The van der Waals surface area contributed by atoms with Gasteiger partial charge in [-0.3, -0.25) is 4.98 Å². The van der Waals surface area contributed by atoms with Crippen LogP contribution in [0.1, 0.15) is 19.4 Å². The van der Waals surface area contributed by atoms with Crippen molar-refractivity contribution < 1.29 is 0 Å². The molecule has 0 amide bonds. The maximum atomic E-state index is 4.59. The van der Waals surface area contributed by atoms with Crippen LogP contribution < -0.4 is 10.6 Å². The monoisotopic (exact) mass is 397 g/mol. The molecule has 0 bridgehead atoms. The molecule has 0 fully saturated rings. The van der Waals surface area contributed by atoms with Crippen LogP contribution in [0.15, 0.2) is 53.1 Å². The topological polar surface area (TPSA) is 62.7 Å². The minimum Gasteiger partial charge on any atom is -0.352 e. The minimum atomic E-state index is 0.234. The second-order valence-corrected chi connectivity index (χ2v) is 6.94. The molecule has 3 aromatic rings. The Bertz CT molecular complexity index is 865. The zero-order chi connectivity index (χ0) is 17.8. The van der Waals surface area contributed by atoms with Gasteiger partial charge in [0.05, 0.1) is 17.1 Å². The van der Waals surface area contributed by atoms with Crippen LogP contribution in [-0.2, 0) is 0 Å². The molecule has 0 aliphatic carbocycles. The van der Waals surface area contributed by atoms with Gasteiger partial charge < -0.3 is 10.6 Å². The first kappa shape index (κ1) is 17.4. The summed E-state index contributed by atoms with van der Waals surface area (Å²) in [5.74, 6) is 1.28. The Labute approximate surface area is 156 Å². The van der Waals surface area contributed by atoms with Crippen molar-refractivity contribution >= 4 is 33.4 Å². The zero-order valence-corrected chi connectivity index (χ0v) is 16.0. The molecule has 3 rings (SSSR count). The predicted molar refractivity (Wildman–Crippen MR) is 106 cm³/mol. The van der Waals surface area contributed by atoms with Gasteiger partial charge in [0, 0.05) is 22.8 Å². The number of aryl methyl sites for hydroxylation is 1. The van der Waals surface area contributed by atoms with Crippen molar-refractivity contribution in [3.8, 4) is 11.4 Å². The van der Waals surface area contributed by atoms with Crippen LogP contribution in [-0.4, -0.2) is 21.0 Å². The first-order valence-corrected chi connectivity index (χ1v) is 8.91. The Hall–Kier alpha value is -2.47. The Morgan fingerprint density at radius 1 is 1.00 bits per heavy atom. The summed E-state index contributed by atoms with van der Waals surface area (Å²) in [5.41, 5.74) is 3.72. The molecule has 0 aliphatic heterocycles. The van der Waals surface area contributed by atoms with Crippen LogP contribution in [0.4, 0.5) is 17.5 Å². The molecule has 0 atom stereocenters. The van der Waals surface area contributed by atoms with Crippen molar-refractivity contribution in [2.24, 2.45) is 0 Å². The van der Waals surface area contributed by atoms with Gasteiger partial charge in [-0.25, -0.2) is 4.98 Å². The highest BCUT2D eigenvalue weighted by Gasteiger charge is 2.10. The summed E-state index contributed by atoms with van der Waals surface area (Å²) >= 11 is 3.59. The molecule has 0 unspecified atom stereocenters. The van der Waals surface area contributed by atoms with Crippen LogP contribution in [0.3, 0.4) is 0 Å². The van der Waals surface area contributed by atoms with Crippen LogP contribution >= 0.6 is 15.9 Å². The van der Waals surface area contributed by atoms with Gasteiger partial charge in [0.25, 0.3) is 0 Å². The van der Waals surface area contributed by atoms with Crippen LogP contribution in [0.5, 0.6) is 0 Å². The predicted octanol–water partition coefficient (Wildman–Crippen LogP) is 5.17. The first-order valence-electron chi connectivity index (χ1n) is 8.11. The molecule has 0 aliphatic rings. The number of nitrogens with zero attached hydrogens (tertiary/aromatic N) is 3. The molecule has 128 valence electrons. The number of rotatable bonds is 5. The quantitative estimate of drug-likeness (QED) is 0.621. The van der Waals surface area contributed by atoms with Crippen LogP contribution in [0, 0.1) is 6.92 Å². The van der Waals surface area contributed by atoms with Crippen LogP contribution in [0.2, 0.25) is 0 Å². The molecule has 0 spiro atoms. The average Bonchev–Trinajstić information content (AvgIpc) is 2.57. The summed E-state index contributed by atoms with van der Waals surface area (Å²) in [5, 5.41) is 6.62. The number of aromatic nitrogens is 3. The van der Waals surface area contributed by atoms with Crippen molar-refractivity contribution in [1.82, 2.24) is 15.0 Å². The molecule has 25 heavy (non-hydrogen) atoms. The third-order valence-electron chi connectivity index (χ3n) is 3.46. The van der Waals surface area contributed by atoms with E-state index in [0.29, 0.717) is 11.8 Å². The Morgan fingerprint density at radius 3 is 2.52 bits per heavy atom. The van der Waals surface area contributed by atoms with Gasteiger partial charge in [-0.1, -0.05) is 12.1 Å². The lowest BCUT2D eigenvalue weighted by Crippen LogP contribution is -2.13. The SMILES string of the molecule is Cc1ccc(Nc2cc(-c3ccccn3)nc(NC(C)C)n2)c(Br)c1. The highest BCUT2D eigenvalue weighted by atomic mass is 79.9. The lowest BCUT2D eigenvalue weighted by molar-refractivity contribution is 0.875. The largest absolute Gasteiger partial charge is 0.352 e. The second kappa shape index (κ2) is 7.61. The smallest absolute Gasteiger partial charge is 0.225 e. The normalized spacial score (nSPS) is 10.8. The fourth-order valence-electron chi connectivity index (χ4n) is 2.34. The molecule has 0 radical (unpaired) electrons. The van der Waals surface area contributed by atoms with E-state index in [1.165, 1.54) is 5.56 Å².